The minimum absolute atomic E-state index is 0.0644. The van der Waals surface area contributed by atoms with Gasteiger partial charge in [-0.15, -0.1) is 0 Å². The Hall–Kier alpha value is -1.76. The van der Waals surface area contributed by atoms with Crippen molar-refractivity contribution < 1.29 is 13.2 Å². The molecule has 0 unspecified atom stereocenters. The van der Waals surface area contributed by atoms with Crippen LogP contribution >= 0.6 is 0 Å². The lowest BCUT2D eigenvalue weighted by molar-refractivity contribution is 0.193. The molecule has 0 aromatic heterocycles. The molecule has 126 valence electrons. The van der Waals surface area contributed by atoms with E-state index in [1.165, 1.54) is 5.69 Å². The van der Waals surface area contributed by atoms with Gasteiger partial charge in [0.15, 0.2) is 9.84 Å². The summed E-state index contributed by atoms with van der Waals surface area (Å²) in [5, 5.41) is 2.89. The van der Waals surface area contributed by atoms with E-state index in [1.54, 1.807) is 0 Å². The first-order chi connectivity index (χ1) is 11.0. The van der Waals surface area contributed by atoms with Crippen LogP contribution in [0.15, 0.2) is 30.3 Å². The minimum atomic E-state index is -2.88. The molecule has 0 bridgehead atoms. The maximum atomic E-state index is 12.2. The van der Waals surface area contributed by atoms with Crippen molar-refractivity contribution in [2.24, 2.45) is 5.92 Å². The molecule has 2 amide bonds. The molecular weight excluding hydrogens is 314 g/mol. The highest BCUT2D eigenvalue weighted by molar-refractivity contribution is 7.91. The van der Waals surface area contributed by atoms with Crippen LogP contribution < -0.4 is 10.2 Å². The number of piperazine rings is 1. The summed E-state index contributed by atoms with van der Waals surface area (Å²) in [6.45, 7) is 3.45. The van der Waals surface area contributed by atoms with Crippen molar-refractivity contribution in [1.82, 2.24) is 10.2 Å². The number of hydrogen-bond acceptors (Lipinski definition) is 4. The van der Waals surface area contributed by atoms with E-state index in [2.05, 4.69) is 22.3 Å². The van der Waals surface area contributed by atoms with Gasteiger partial charge in [-0.1, -0.05) is 18.2 Å². The molecule has 2 aliphatic rings. The Morgan fingerprint density at radius 2 is 1.83 bits per heavy atom. The predicted octanol–water partition coefficient (Wildman–Crippen LogP) is 0.953. The number of nitrogens with zero attached hydrogens (tertiary/aromatic N) is 2. The Morgan fingerprint density at radius 1 is 1.13 bits per heavy atom. The lowest BCUT2D eigenvalue weighted by Gasteiger charge is -2.36. The SMILES string of the molecule is O=C(NC[C@H]1CCS(=O)(=O)C1)N1CCN(c2ccccc2)CC1. The molecule has 2 heterocycles. The van der Waals surface area contributed by atoms with Crippen molar-refractivity contribution in [3.05, 3.63) is 30.3 Å². The fourth-order valence-electron chi connectivity index (χ4n) is 3.18. The second-order valence-electron chi connectivity index (χ2n) is 6.26. The van der Waals surface area contributed by atoms with Crippen LogP contribution in [0.5, 0.6) is 0 Å². The first-order valence-corrected chi connectivity index (χ1v) is 9.89. The number of sulfone groups is 1. The van der Waals surface area contributed by atoms with Crippen molar-refractivity contribution >= 4 is 21.6 Å². The van der Waals surface area contributed by atoms with Gasteiger partial charge in [0.25, 0.3) is 0 Å². The van der Waals surface area contributed by atoms with E-state index in [0.717, 1.165) is 13.1 Å². The fraction of sp³-hybridized carbons (Fsp3) is 0.562. The number of rotatable bonds is 3. The molecule has 1 N–H and O–H groups in total. The Labute approximate surface area is 137 Å². The first-order valence-electron chi connectivity index (χ1n) is 8.07. The zero-order valence-electron chi connectivity index (χ0n) is 13.1. The second kappa shape index (κ2) is 6.78. The summed E-state index contributed by atoms with van der Waals surface area (Å²) in [6.07, 6.45) is 0.657. The van der Waals surface area contributed by atoms with Gasteiger partial charge in [0.1, 0.15) is 0 Å². The van der Waals surface area contributed by atoms with Crippen LogP contribution in [-0.4, -0.2) is 63.6 Å². The maximum absolute atomic E-state index is 12.2. The number of anilines is 1. The van der Waals surface area contributed by atoms with Crippen LogP contribution in [0.4, 0.5) is 10.5 Å². The largest absolute Gasteiger partial charge is 0.368 e. The standard InChI is InChI=1S/C16H23N3O3S/c20-16(17-12-14-6-11-23(21,22)13-14)19-9-7-18(8-10-19)15-4-2-1-3-5-15/h1-5,14H,6-13H2,(H,17,20)/t14-/m1/s1. The van der Waals surface area contributed by atoms with E-state index in [9.17, 15) is 13.2 Å². The van der Waals surface area contributed by atoms with Gasteiger partial charge in [0.05, 0.1) is 11.5 Å². The summed E-state index contributed by atoms with van der Waals surface area (Å²) in [5.41, 5.74) is 1.18. The molecule has 1 aromatic rings. The number of hydrogen-bond donors (Lipinski definition) is 1. The highest BCUT2D eigenvalue weighted by Gasteiger charge is 2.29. The zero-order chi connectivity index (χ0) is 16.3. The summed E-state index contributed by atoms with van der Waals surface area (Å²) in [7, 11) is -2.88. The highest BCUT2D eigenvalue weighted by Crippen LogP contribution is 2.18. The van der Waals surface area contributed by atoms with E-state index < -0.39 is 9.84 Å². The van der Waals surface area contributed by atoms with Crippen LogP contribution in [0.2, 0.25) is 0 Å². The van der Waals surface area contributed by atoms with Crippen LogP contribution in [0.1, 0.15) is 6.42 Å². The van der Waals surface area contributed by atoms with Gasteiger partial charge in [0.2, 0.25) is 0 Å². The molecule has 1 aromatic carbocycles. The molecule has 2 fully saturated rings. The third-order valence-electron chi connectivity index (χ3n) is 4.56. The van der Waals surface area contributed by atoms with Crippen LogP contribution in [-0.2, 0) is 9.84 Å². The quantitative estimate of drug-likeness (QED) is 0.892. The Kier molecular flexibility index (Phi) is 4.75. The van der Waals surface area contributed by atoms with Gasteiger partial charge in [-0.05, 0) is 24.5 Å². The third-order valence-corrected chi connectivity index (χ3v) is 6.39. The lowest BCUT2D eigenvalue weighted by atomic mass is 10.1. The minimum Gasteiger partial charge on any atom is -0.368 e. The van der Waals surface area contributed by atoms with Gasteiger partial charge < -0.3 is 15.1 Å². The summed E-state index contributed by atoms with van der Waals surface area (Å²) in [4.78, 5) is 16.3. The first kappa shape index (κ1) is 16.1. The number of carbonyl (C=O) groups is 1. The highest BCUT2D eigenvalue weighted by atomic mass is 32.2. The number of benzene rings is 1. The van der Waals surface area contributed by atoms with Crippen LogP contribution in [0.3, 0.4) is 0 Å². The summed E-state index contributed by atoms with van der Waals surface area (Å²) in [6, 6.07) is 10.1. The molecule has 0 saturated carbocycles. The average molecular weight is 337 g/mol. The molecule has 0 radical (unpaired) electrons. The van der Waals surface area contributed by atoms with E-state index in [4.69, 9.17) is 0 Å². The molecule has 3 rings (SSSR count). The Balaban J connectivity index is 1.43. The van der Waals surface area contributed by atoms with Crippen LogP contribution in [0, 0.1) is 5.92 Å². The average Bonchev–Trinajstić information content (AvgIpc) is 2.93. The predicted molar refractivity (Wildman–Crippen MR) is 90.4 cm³/mol. The molecule has 0 aliphatic carbocycles. The van der Waals surface area contributed by atoms with E-state index in [0.29, 0.717) is 26.1 Å². The lowest BCUT2D eigenvalue weighted by Crippen LogP contribution is -2.52. The number of urea groups is 1. The summed E-state index contributed by atoms with van der Waals surface area (Å²) < 4.78 is 22.9. The molecule has 1 atom stereocenters. The summed E-state index contributed by atoms with van der Waals surface area (Å²) in [5.74, 6) is 0.521. The molecule has 2 aliphatic heterocycles. The zero-order valence-corrected chi connectivity index (χ0v) is 14.0. The number of para-hydroxylation sites is 1. The van der Waals surface area contributed by atoms with Crippen molar-refractivity contribution in [2.75, 3.05) is 49.1 Å². The normalized spacial score (nSPS) is 23.7. The van der Waals surface area contributed by atoms with Crippen molar-refractivity contribution in [2.45, 2.75) is 6.42 Å². The second-order valence-corrected chi connectivity index (χ2v) is 8.49. The van der Waals surface area contributed by atoms with Gasteiger partial charge in [-0.3, -0.25) is 0 Å². The van der Waals surface area contributed by atoms with Crippen LogP contribution in [0.25, 0.3) is 0 Å². The molecule has 6 nitrogen and oxygen atoms in total. The topological polar surface area (TPSA) is 69.7 Å². The van der Waals surface area contributed by atoms with E-state index in [1.807, 2.05) is 23.1 Å². The Bertz CT molecular complexity index is 640. The fourth-order valence-corrected chi connectivity index (χ4v) is 5.04. The van der Waals surface area contributed by atoms with Crippen molar-refractivity contribution in [1.29, 1.82) is 0 Å². The van der Waals surface area contributed by atoms with Crippen molar-refractivity contribution in [3.63, 3.8) is 0 Å². The smallest absolute Gasteiger partial charge is 0.317 e. The molecule has 0 spiro atoms. The van der Waals surface area contributed by atoms with E-state index >= 15 is 0 Å². The van der Waals surface area contributed by atoms with Gasteiger partial charge >= 0.3 is 6.03 Å². The Morgan fingerprint density at radius 3 is 2.43 bits per heavy atom. The summed E-state index contributed by atoms with van der Waals surface area (Å²) >= 11 is 0. The number of nitrogens with one attached hydrogen (secondary N) is 1. The molecule has 7 heteroatoms. The van der Waals surface area contributed by atoms with Crippen molar-refractivity contribution in [3.8, 4) is 0 Å². The molecular formula is C16H23N3O3S. The van der Waals surface area contributed by atoms with E-state index in [-0.39, 0.29) is 23.5 Å². The third kappa shape index (κ3) is 4.16. The van der Waals surface area contributed by atoms with Gasteiger partial charge in [-0.25, -0.2) is 13.2 Å². The molecule has 2 saturated heterocycles. The van der Waals surface area contributed by atoms with Gasteiger partial charge in [0, 0.05) is 38.4 Å². The monoisotopic (exact) mass is 337 g/mol. The van der Waals surface area contributed by atoms with Gasteiger partial charge in [-0.2, -0.15) is 0 Å². The molecule has 23 heavy (non-hydrogen) atoms. The number of amides is 2. The maximum Gasteiger partial charge on any atom is 0.317 e. The number of carbonyl (C=O) groups excluding carboxylic acids is 1.